The van der Waals surface area contributed by atoms with Crippen molar-refractivity contribution in [1.82, 2.24) is 10.6 Å². The molecule has 0 spiro atoms. The molecule has 0 heterocycles. The van der Waals surface area contributed by atoms with E-state index in [0.29, 0.717) is 0 Å². The van der Waals surface area contributed by atoms with E-state index in [0.717, 1.165) is 0 Å². The molecule has 0 saturated heterocycles. The fourth-order valence-electron chi connectivity index (χ4n) is 1.34. The Morgan fingerprint density at radius 1 is 1.35 bits per heavy atom. The molecule has 1 atom stereocenters. The number of ether oxygens (including phenoxy) is 1. The van der Waals surface area contributed by atoms with Crippen LogP contribution in [0.4, 0.5) is 10.5 Å². The fraction of sp³-hybridized carbons (Fsp3) is 0.250. The Hall–Kier alpha value is -2.77. The van der Waals surface area contributed by atoms with E-state index in [4.69, 9.17) is 15.6 Å². The predicted octanol–water partition coefficient (Wildman–Crippen LogP) is 0.190. The van der Waals surface area contributed by atoms with Crippen LogP contribution in [0.2, 0.25) is 0 Å². The molecule has 0 aromatic heterocycles. The highest BCUT2D eigenvalue weighted by Gasteiger charge is 2.17. The number of aromatic carboxylic acids is 1. The molecular formula is C12H15N3O5. The zero-order valence-corrected chi connectivity index (χ0v) is 11.0. The van der Waals surface area contributed by atoms with Gasteiger partial charge in [-0.05, 0) is 19.1 Å². The first-order valence-corrected chi connectivity index (χ1v) is 5.67. The zero-order chi connectivity index (χ0) is 15.3. The Bertz CT molecular complexity index is 544. The third-order valence-electron chi connectivity index (χ3n) is 2.40. The fourth-order valence-corrected chi connectivity index (χ4v) is 1.34. The van der Waals surface area contributed by atoms with Gasteiger partial charge < -0.3 is 20.9 Å². The van der Waals surface area contributed by atoms with Crippen LogP contribution in [0.1, 0.15) is 17.3 Å². The molecular weight excluding hydrogens is 266 g/mol. The van der Waals surface area contributed by atoms with Crippen molar-refractivity contribution in [3.8, 4) is 5.75 Å². The first-order valence-electron chi connectivity index (χ1n) is 5.67. The summed E-state index contributed by atoms with van der Waals surface area (Å²) in [7, 11) is 1.37. The average molecular weight is 281 g/mol. The lowest BCUT2D eigenvalue weighted by Gasteiger charge is -2.14. The summed E-state index contributed by atoms with van der Waals surface area (Å²) < 4.78 is 5.27. The number of hydrogen-bond donors (Lipinski definition) is 4. The van der Waals surface area contributed by atoms with Crippen molar-refractivity contribution in [2.45, 2.75) is 13.0 Å². The van der Waals surface area contributed by atoms with Gasteiger partial charge in [-0.3, -0.25) is 10.1 Å². The molecule has 0 saturated carbocycles. The number of carboxylic acid groups (broad SMARTS) is 1. The van der Waals surface area contributed by atoms with Crippen LogP contribution in [0.15, 0.2) is 18.2 Å². The number of urea groups is 1. The zero-order valence-electron chi connectivity index (χ0n) is 11.0. The van der Waals surface area contributed by atoms with Gasteiger partial charge in [0, 0.05) is 18.8 Å². The predicted molar refractivity (Wildman–Crippen MR) is 70.5 cm³/mol. The molecule has 5 N–H and O–H groups in total. The van der Waals surface area contributed by atoms with Crippen molar-refractivity contribution in [3.63, 3.8) is 0 Å². The summed E-state index contributed by atoms with van der Waals surface area (Å²) >= 11 is 0. The van der Waals surface area contributed by atoms with Crippen LogP contribution < -0.4 is 21.1 Å². The third kappa shape index (κ3) is 3.87. The van der Waals surface area contributed by atoms with Crippen LogP contribution in [-0.4, -0.2) is 36.2 Å². The van der Waals surface area contributed by atoms with Crippen LogP contribution in [0.25, 0.3) is 0 Å². The minimum absolute atomic E-state index is 0.0221. The van der Waals surface area contributed by atoms with Crippen molar-refractivity contribution in [3.05, 3.63) is 23.8 Å². The van der Waals surface area contributed by atoms with Gasteiger partial charge in [0.1, 0.15) is 5.75 Å². The minimum atomic E-state index is -1.15. The highest BCUT2D eigenvalue weighted by atomic mass is 16.5. The van der Waals surface area contributed by atoms with E-state index in [-0.39, 0.29) is 17.0 Å². The second-order valence-electron chi connectivity index (χ2n) is 3.88. The molecule has 108 valence electrons. The van der Waals surface area contributed by atoms with Crippen molar-refractivity contribution in [1.29, 1.82) is 0 Å². The van der Waals surface area contributed by atoms with Crippen LogP contribution in [0, 0.1) is 0 Å². The van der Waals surface area contributed by atoms with Gasteiger partial charge in [-0.2, -0.15) is 0 Å². The van der Waals surface area contributed by atoms with Gasteiger partial charge >= 0.3 is 12.0 Å². The first-order chi connectivity index (χ1) is 9.35. The molecule has 8 heteroatoms. The molecule has 0 fully saturated rings. The first kappa shape index (κ1) is 15.3. The molecule has 8 nitrogen and oxygen atoms in total. The molecule has 1 unspecified atom stereocenters. The van der Waals surface area contributed by atoms with Gasteiger partial charge in [-0.1, -0.05) is 0 Å². The summed E-state index contributed by atoms with van der Waals surface area (Å²) in [6.07, 6.45) is -0.942. The van der Waals surface area contributed by atoms with Crippen molar-refractivity contribution in [2.75, 3.05) is 12.8 Å². The van der Waals surface area contributed by atoms with E-state index < -0.39 is 24.0 Å². The van der Waals surface area contributed by atoms with E-state index in [1.807, 2.05) is 0 Å². The lowest BCUT2D eigenvalue weighted by Crippen LogP contribution is -2.43. The Balaban J connectivity index is 2.73. The summed E-state index contributed by atoms with van der Waals surface area (Å²) in [5, 5.41) is 13.1. The molecule has 0 radical (unpaired) electrons. The summed E-state index contributed by atoms with van der Waals surface area (Å²) in [5.41, 5.74) is 5.52. The number of carboxylic acids is 1. The van der Waals surface area contributed by atoms with E-state index in [2.05, 4.69) is 10.6 Å². The van der Waals surface area contributed by atoms with E-state index >= 15 is 0 Å². The van der Waals surface area contributed by atoms with Crippen molar-refractivity contribution in [2.24, 2.45) is 0 Å². The Kier molecular flexibility index (Phi) is 4.90. The quantitative estimate of drug-likeness (QED) is 0.583. The lowest BCUT2D eigenvalue weighted by molar-refractivity contribution is -0.126. The van der Waals surface area contributed by atoms with Crippen LogP contribution in [0.5, 0.6) is 5.75 Å². The van der Waals surface area contributed by atoms with Crippen molar-refractivity contribution < 1.29 is 24.2 Å². The summed E-state index contributed by atoms with van der Waals surface area (Å²) in [5.74, 6) is -1.56. The van der Waals surface area contributed by atoms with Crippen molar-refractivity contribution >= 4 is 23.6 Å². The number of anilines is 1. The summed E-state index contributed by atoms with van der Waals surface area (Å²) in [4.78, 5) is 33.3. The maximum Gasteiger partial charge on any atom is 0.337 e. The lowest BCUT2D eigenvalue weighted by atomic mass is 10.2. The number of hydrogen-bond acceptors (Lipinski definition) is 5. The van der Waals surface area contributed by atoms with Gasteiger partial charge in [0.25, 0.3) is 5.91 Å². The van der Waals surface area contributed by atoms with Crippen LogP contribution >= 0.6 is 0 Å². The second kappa shape index (κ2) is 6.41. The molecule has 0 aliphatic carbocycles. The molecule has 0 aliphatic heterocycles. The third-order valence-corrected chi connectivity index (χ3v) is 2.40. The number of nitrogens with two attached hydrogens (primary N) is 1. The van der Waals surface area contributed by atoms with Gasteiger partial charge in [-0.15, -0.1) is 0 Å². The van der Waals surface area contributed by atoms with Gasteiger partial charge in [-0.25, -0.2) is 9.59 Å². The number of imide groups is 1. The van der Waals surface area contributed by atoms with Crippen LogP contribution in [-0.2, 0) is 4.79 Å². The van der Waals surface area contributed by atoms with Crippen LogP contribution in [0.3, 0.4) is 0 Å². The Morgan fingerprint density at radius 3 is 2.50 bits per heavy atom. The number of amides is 3. The number of carbonyl (C=O) groups excluding carboxylic acids is 2. The molecule has 0 aliphatic rings. The molecule has 3 amide bonds. The average Bonchev–Trinajstić information content (AvgIpc) is 2.37. The number of carbonyl (C=O) groups is 3. The maximum absolute atomic E-state index is 11.6. The number of nitrogens with one attached hydrogen (secondary N) is 2. The highest BCUT2D eigenvalue weighted by molar-refractivity contribution is 5.96. The molecule has 1 aromatic rings. The maximum atomic E-state index is 11.6. The number of nitrogen functional groups attached to an aromatic ring is 1. The summed E-state index contributed by atoms with van der Waals surface area (Å²) in [6, 6.07) is 3.30. The molecule has 1 rings (SSSR count). The normalized spacial score (nSPS) is 11.3. The summed E-state index contributed by atoms with van der Waals surface area (Å²) in [6.45, 7) is 1.44. The van der Waals surface area contributed by atoms with Gasteiger partial charge in [0.05, 0.1) is 5.56 Å². The molecule has 0 bridgehead atoms. The standard InChI is InChI=1S/C12H15N3O5/c1-6(10(16)15-12(19)14-2)20-7-3-4-8(11(17)18)9(13)5-7/h3-6H,13H2,1-2H3,(H,17,18)(H2,14,15,16,19). The number of rotatable bonds is 4. The SMILES string of the molecule is CNC(=O)NC(=O)C(C)Oc1ccc(C(=O)O)c(N)c1. The smallest absolute Gasteiger partial charge is 0.337 e. The van der Waals surface area contributed by atoms with E-state index in [9.17, 15) is 14.4 Å². The van der Waals surface area contributed by atoms with E-state index in [1.54, 1.807) is 0 Å². The monoisotopic (exact) mass is 281 g/mol. The van der Waals surface area contributed by atoms with E-state index in [1.165, 1.54) is 32.2 Å². The number of benzene rings is 1. The molecule has 1 aromatic carbocycles. The second-order valence-corrected chi connectivity index (χ2v) is 3.88. The Morgan fingerprint density at radius 2 is 2.00 bits per heavy atom. The molecule has 20 heavy (non-hydrogen) atoms. The van der Waals surface area contributed by atoms with Gasteiger partial charge in [0.2, 0.25) is 0 Å². The highest BCUT2D eigenvalue weighted by Crippen LogP contribution is 2.20. The minimum Gasteiger partial charge on any atom is -0.481 e. The Labute approximate surface area is 114 Å². The largest absolute Gasteiger partial charge is 0.481 e. The topological polar surface area (TPSA) is 131 Å². The van der Waals surface area contributed by atoms with Gasteiger partial charge in [0.15, 0.2) is 6.10 Å².